The van der Waals surface area contributed by atoms with E-state index in [9.17, 15) is 19.7 Å². The van der Waals surface area contributed by atoms with Crippen molar-refractivity contribution in [1.82, 2.24) is 5.32 Å². The van der Waals surface area contributed by atoms with Crippen LogP contribution in [0.2, 0.25) is 0 Å². The maximum Gasteiger partial charge on any atom is 0.227 e. The fourth-order valence-electron chi connectivity index (χ4n) is 3.99. The molecule has 1 N–H and O–H groups in total. The molecule has 2 amide bonds. The van der Waals surface area contributed by atoms with Gasteiger partial charge in [0.05, 0.1) is 18.1 Å². The topological polar surface area (TPSA) is 98.5 Å². The van der Waals surface area contributed by atoms with Crippen LogP contribution >= 0.6 is 11.8 Å². The highest BCUT2D eigenvalue weighted by atomic mass is 32.2. The molecule has 1 aromatic carbocycles. The monoisotopic (exact) mass is 436 g/mol. The molecule has 1 aliphatic carbocycles. The summed E-state index contributed by atoms with van der Waals surface area (Å²) in [6, 6.07) is 7.31. The first-order chi connectivity index (χ1) is 14.2. The van der Waals surface area contributed by atoms with Crippen molar-refractivity contribution in [1.29, 1.82) is 0 Å². The molecule has 1 aliphatic rings. The van der Waals surface area contributed by atoms with Crippen LogP contribution in [-0.4, -0.2) is 40.2 Å². The van der Waals surface area contributed by atoms with Crippen molar-refractivity contribution in [3.63, 3.8) is 0 Å². The SMILES string of the molecule is CCC(CC)OC1C(Sc2ccc(C)cc2)CCC([N+](=O)[O-])C1CC(=O)NC(C)=O. The van der Waals surface area contributed by atoms with Crippen LogP contribution in [0.4, 0.5) is 0 Å². The summed E-state index contributed by atoms with van der Waals surface area (Å²) in [7, 11) is 0. The number of rotatable bonds is 9. The Hall–Kier alpha value is -1.93. The zero-order chi connectivity index (χ0) is 22.3. The highest BCUT2D eigenvalue weighted by Crippen LogP contribution is 2.41. The van der Waals surface area contributed by atoms with Gasteiger partial charge in [-0.3, -0.25) is 25.0 Å². The third-order valence-corrected chi connectivity index (χ3v) is 6.96. The summed E-state index contributed by atoms with van der Waals surface area (Å²) in [5.41, 5.74) is 1.17. The van der Waals surface area contributed by atoms with Crippen LogP contribution in [0.1, 0.15) is 58.4 Å². The summed E-state index contributed by atoms with van der Waals surface area (Å²) in [5.74, 6) is -1.54. The molecule has 0 heterocycles. The van der Waals surface area contributed by atoms with Crippen molar-refractivity contribution in [3.8, 4) is 0 Å². The van der Waals surface area contributed by atoms with Gasteiger partial charge in [-0.2, -0.15) is 0 Å². The number of ether oxygens (including phenoxy) is 1. The van der Waals surface area contributed by atoms with Crippen LogP contribution in [0.3, 0.4) is 0 Å². The number of carbonyl (C=O) groups excluding carboxylic acids is 2. The lowest BCUT2D eigenvalue weighted by atomic mass is 9.79. The van der Waals surface area contributed by atoms with E-state index >= 15 is 0 Å². The first-order valence-electron chi connectivity index (χ1n) is 10.6. The van der Waals surface area contributed by atoms with Gasteiger partial charge in [0.2, 0.25) is 17.9 Å². The zero-order valence-corrected chi connectivity index (χ0v) is 18.9. The molecular formula is C22H32N2O5S. The first kappa shape index (κ1) is 24.3. The lowest BCUT2D eigenvalue weighted by molar-refractivity contribution is -0.538. The van der Waals surface area contributed by atoms with E-state index in [-0.39, 0.29) is 22.7 Å². The number of benzene rings is 1. The van der Waals surface area contributed by atoms with E-state index in [4.69, 9.17) is 4.74 Å². The van der Waals surface area contributed by atoms with Gasteiger partial charge in [0.15, 0.2) is 0 Å². The van der Waals surface area contributed by atoms with Crippen LogP contribution in [0.5, 0.6) is 0 Å². The molecule has 0 saturated heterocycles. The van der Waals surface area contributed by atoms with Gasteiger partial charge in [-0.05, 0) is 38.3 Å². The van der Waals surface area contributed by atoms with Crippen molar-refractivity contribution in [2.75, 3.05) is 0 Å². The van der Waals surface area contributed by atoms with Crippen LogP contribution in [0.15, 0.2) is 29.2 Å². The summed E-state index contributed by atoms with van der Waals surface area (Å²) < 4.78 is 6.41. The molecule has 2 rings (SSSR count). The molecule has 8 heteroatoms. The molecule has 0 radical (unpaired) electrons. The third kappa shape index (κ3) is 6.80. The van der Waals surface area contributed by atoms with E-state index in [1.165, 1.54) is 12.5 Å². The van der Waals surface area contributed by atoms with Gasteiger partial charge in [0.1, 0.15) is 0 Å². The van der Waals surface area contributed by atoms with E-state index in [1.54, 1.807) is 11.8 Å². The van der Waals surface area contributed by atoms with Gasteiger partial charge in [0, 0.05) is 34.8 Å². The summed E-state index contributed by atoms with van der Waals surface area (Å²) in [5, 5.41) is 14.0. The van der Waals surface area contributed by atoms with Gasteiger partial charge in [-0.25, -0.2) is 0 Å². The van der Waals surface area contributed by atoms with Gasteiger partial charge in [0.25, 0.3) is 0 Å². The first-order valence-corrected chi connectivity index (χ1v) is 11.5. The Morgan fingerprint density at radius 1 is 1.23 bits per heavy atom. The van der Waals surface area contributed by atoms with Gasteiger partial charge in [-0.1, -0.05) is 31.5 Å². The number of nitrogens with zero attached hydrogens (tertiary/aromatic N) is 1. The highest BCUT2D eigenvalue weighted by Gasteiger charge is 2.48. The quantitative estimate of drug-likeness (QED) is 0.461. The number of hydrogen-bond acceptors (Lipinski definition) is 6. The number of aryl methyl sites for hydroxylation is 1. The van der Waals surface area contributed by atoms with E-state index < -0.39 is 29.9 Å². The zero-order valence-electron chi connectivity index (χ0n) is 18.1. The maximum atomic E-state index is 12.3. The summed E-state index contributed by atoms with van der Waals surface area (Å²) in [6.07, 6.45) is 2.05. The Morgan fingerprint density at radius 2 is 1.87 bits per heavy atom. The molecule has 1 fully saturated rings. The van der Waals surface area contributed by atoms with Crippen LogP contribution < -0.4 is 5.32 Å². The number of thioether (sulfide) groups is 1. The average Bonchev–Trinajstić information content (AvgIpc) is 2.68. The predicted molar refractivity (Wildman–Crippen MR) is 117 cm³/mol. The lowest BCUT2D eigenvalue weighted by Gasteiger charge is -2.40. The number of nitro groups is 1. The fraction of sp³-hybridized carbons (Fsp3) is 0.636. The molecule has 1 aromatic rings. The molecule has 30 heavy (non-hydrogen) atoms. The van der Waals surface area contributed by atoms with Crippen LogP contribution in [0.25, 0.3) is 0 Å². The smallest absolute Gasteiger partial charge is 0.227 e. The predicted octanol–water partition coefficient (Wildman–Crippen LogP) is 4.14. The van der Waals surface area contributed by atoms with E-state index in [2.05, 4.69) is 5.32 Å². The van der Waals surface area contributed by atoms with E-state index in [0.717, 1.165) is 17.7 Å². The van der Waals surface area contributed by atoms with E-state index in [0.29, 0.717) is 12.8 Å². The van der Waals surface area contributed by atoms with Crippen molar-refractivity contribution in [2.45, 2.75) is 88.2 Å². The molecule has 0 aliphatic heterocycles. The largest absolute Gasteiger partial charge is 0.373 e. The van der Waals surface area contributed by atoms with Crippen molar-refractivity contribution < 1.29 is 19.2 Å². The molecule has 1 saturated carbocycles. The maximum absolute atomic E-state index is 12.3. The third-order valence-electron chi connectivity index (χ3n) is 5.61. The van der Waals surface area contributed by atoms with Gasteiger partial charge in [-0.15, -0.1) is 11.8 Å². The molecule has 0 aromatic heterocycles. The number of amides is 2. The van der Waals surface area contributed by atoms with Gasteiger partial charge < -0.3 is 4.74 Å². The molecule has 0 spiro atoms. The minimum Gasteiger partial charge on any atom is -0.373 e. The Kier molecular flexibility index (Phi) is 9.30. The number of nitrogens with one attached hydrogen (secondary N) is 1. The van der Waals surface area contributed by atoms with Crippen LogP contribution in [-0.2, 0) is 14.3 Å². The number of carbonyl (C=O) groups is 2. The molecule has 4 unspecified atom stereocenters. The Labute approximate surface area is 182 Å². The fourth-order valence-corrected chi connectivity index (χ4v) is 5.29. The molecule has 4 atom stereocenters. The Bertz CT molecular complexity index is 736. The standard InChI is InChI=1S/C22H32N2O5S/c1-5-16(6-2)29-22-18(13-21(26)23-15(4)25)19(24(27)28)11-12-20(22)30-17-9-7-14(3)8-10-17/h7-10,16,18-20,22H,5-6,11-13H2,1-4H3,(H,23,25,26). The van der Waals surface area contributed by atoms with Crippen molar-refractivity contribution >= 4 is 23.6 Å². The average molecular weight is 437 g/mol. The second-order valence-corrected chi connectivity index (χ2v) is 9.22. The molecule has 166 valence electrons. The minimum absolute atomic E-state index is 0.000339. The second-order valence-electron chi connectivity index (χ2n) is 7.91. The Balaban J connectivity index is 2.32. The second kappa shape index (κ2) is 11.5. The minimum atomic E-state index is -0.864. The molecule has 7 nitrogen and oxygen atoms in total. The Morgan fingerprint density at radius 3 is 2.40 bits per heavy atom. The molecule has 0 bridgehead atoms. The number of imide groups is 1. The van der Waals surface area contributed by atoms with Crippen molar-refractivity contribution in [2.24, 2.45) is 5.92 Å². The summed E-state index contributed by atoms with van der Waals surface area (Å²) in [4.78, 5) is 36.2. The van der Waals surface area contributed by atoms with Crippen LogP contribution in [0, 0.1) is 23.0 Å². The van der Waals surface area contributed by atoms with Gasteiger partial charge >= 0.3 is 0 Å². The summed E-state index contributed by atoms with van der Waals surface area (Å²) >= 11 is 1.66. The number of hydrogen-bond donors (Lipinski definition) is 1. The highest BCUT2D eigenvalue weighted by molar-refractivity contribution is 8.00. The van der Waals surface area contributed by atoms with Crippen molar-refractivity contribution in [3.05, 3.63) is 39.9 Å². The van der Waals surface area contributed by atoms with E-state index in [1.807, 2.05) is 45.0 Å². The lowest BCUT2D eigenvalue weighted by Crippen LogP contribution is -2.51. The normalized spacial score (nSPS) is 23.9. The molecular weight excluding hydrogens is 404 g/mol. The summed E-state index contributed by atoms with van der Waals surface area (Å²) in [6.45, 7) is 7.35.